The van der Waals surface area contributed by atoms with E-state index in [0.717, 1.165) is 13.2 Å². The molecule has 0 radical (unpaired) electrons. The maximum Gasteiger partial charge on any atom is 0.508 e. The fraction of sp³-hybridized carbons (Fsp3) is 0.917. The van der Waals surface area contributed by atoms with Crippen LogP contribution >= 0.6 is 0 Å². The predicted octanol–water partition coefficient (Wildman–Crippen LogP) is 1.62. The van der Waals surface area contributed by atoms with Gasteiger partial charge in [-0.1, -0.05) is 0 Å². The first-order valence-corrected chi connectivity index (χ1v) is 6.27. The molecule has 6 heteroatoms. The summed E-state index contributed by atoms with van der Waals surface area (Å²) in [5.74, 6) is 0. The van der Waals surface area contributed by atoms with E-state index < -0.39 is 6.16 Å². The summed E-state index contributed by atoms with van der Waals surface area (Å²) in [5.41, 5.74) is 0. The van der Waals surface area contributed by atoms with Crippen molar-refractivity contribution < 1.29 is 28.5 Å². The van der Waals surface area contributed by atoms with Crippen LogP contribution in [0.5, 0.6) is 0 Å². The lowest BCUT2D eigenvalue weighted by atomic mass is 10.5. The van der Waals surface area contributed by atoms with Gasteiger partial charge in [0.05, 0.1) is 26.4 Å². The van der Waals surface area contributed by atoms with Gasteiger partial charge in [-0.25, -0.2) is 4.79 Å². The summed E-state index contributed by atoms with van der Waals surface area (Å²) < 4.78 is 24.2. The van der Waals surface area contributed by atoms with E-state index in [1.165, 1.54) is 0 Å². The van der Waals surface area contributed by atoms with Crippen LogP contribution in [0.4, 0.5) is 4.79 Å². The highest BCUT2D eigenvalue weighted by molar-refractivity contribution is 5.61. The third-order valence-electron chi connectivity index (χ3n) is 1.89. The van der Waals surface area contributed by atoms with Gasteiger partial charge in [-0.3, -0.25) is 0 Å². The Morgan fingerprint density at radius 2 is 1.56 bits per heavy atom. The highest BCUT2D eigenvalue weighted by Crippen LogP contribution is 2.02. The zero-order valence-corrected chi connectivity index (χ0v) is 11.5. The molecule has 1 unspecified atom stereocenters. The van der Waals surface area contributed by atoms with Crippen LogP contribution in [0.15, 0.2) is 0 Å². The first-order chi connectivity index (χ1) is 8.70. The maximum atomic E-state index is 10.0. The summed E-state index contributed by atoms with van der Waals surface area (Å²) in [5, 5.41) is 0. The van der Waals surface area contributed by atoms with Gasteiger partial charge in [-0.2, -0.15) is 0 Å². The normalized spacial score (nSPS) is 17.7. The molecule has 1 heterocycles. The standard InChI is InChI=1S/C8H18O3.C4H6O3/c1-3-9-5-7-11-8-6-10-4-2;1-3-2-6-4(5)7-3/h3-8H2,1-2H3;3H,2H2,1H3. The maximum absolute atomic E-state index is 10.0. The lowest BCUT2D eigenvalue weighted by Crippen LogP contribution is -2.08. The molecule has 6 nitrogen and oxygen atoms in total. The number of hydrogen-bond donors (Lipinski definition) is 0. The SMILES string of the molecule is CC1COC(=O)O1.CCOCCOCCOCC. The largest absolute Gasteiger partial charge is 0.508 e. The number of hydrogen-bond acceptors (Lipinski definition) is 6. The second kappa shape index (κ2) is 12.6. The summed E-state index contributed by atoms with van der Waals surface area (Å²) in [6.07, 6.45) is -0.597. The zero-order chi connectivity index (χ0) is 13.6. The summed E-state index contributed by atoms with van der Waals surface area (Å²) in [4.78, 5) is 10.0. The summed E-state index contributed by atoms with van der Waals surface area (Å²) in [6, 6.07) is 0. The average Bonchev–Trinajstić information content (AvgIpc) is 2.73. The molecule has 0 aromatic heterocycles. The summed E-state index contributed by atoms with van der Waals surface area (Å²) in [7, 11) is 0. The number of ether oxygens (including phenoxy) is 5. The Morgan fingerprint density at radius 1 is 1.06 bits per heavy atom. The van der Waals surface area contributed by atoms with Gasteiger partial charge in [0.25, 0.3) is 0 Å². The molecule has 1 saturated heterocycles. The van der Waals surface area contributed by atoms with E-state index in [2.05, 4.69) is 9.47 Å². The first kappa shape index (κ1) is 17.2. The van der Waals surface area contributed by atoms with E-state index in [1.807, 2.05) is 13.8 Å². The molecule has 0 amide bonds. The van der Waals surface area contributed by atoms with Gasteiger partial charge in [0.1, 0.15) is 12.7 Å². The van der Waals surface area contributed by atoms with Crippen molar-refractivity contribution in [3.63, 3.8) is 0 Å². The number of cyclic esters (lactones) is 2. The average molecular weight is 264 g/mol. The molecule has 1 aliphatic heterocycles. The lowest BCUT2D eigenvalue weighted by molar-refractivity contribution is 0.0195. The fourth-order valence-corrected chi connectivity index (χ4v) is 1.04. The Hall–Kier alpha value is -0.850. The van der Waals surface area contributed by atoms with E-state index >= 15 is 0 Å². The number of rotatable bonds is 8. The molecule has 0 N–H and O–H groups in total. The molecular weight excluding hydrogens is 240 g/mol. The second-order valence-corrected chi connectivity index (χ2v) is 3.50. The number of carbonyl (C=O) groups is 1. The minimum Gasteiger partial charge on any atom is -0.430 e. The van der Waals surface area contributed by atoms with Crippen molar-refractivity contribution in [2.45, 2.75) is 26.9 Å². The van der Waals surface area contributed by atoms with Crippen molar-refractivity contribution in [3.05, 3.63) is 0 Å². The van der Waals surface area contributed by atoms with Crippen LogP contribution in [-0.4, -0.2) is 58.5 Å². The minimum atomic E-state index is -0.549. The van der Waals surface area contributed by atoms with Crippen LogP contribution in [0.3, 0.4) is 0 Å². The van der Waals surface area contributed by atoms with Crippen molar-refractivity contribution in [2.24, 2.45) is 0 Å². The first-order valence-electron chi connectivity index (χ1n) is 6.27. The second-order valence-electron chi connectivity index (χ2n) is 3.50. The predicted molar refractivity (Wildman–Crippen MR) is 65.7 cm³/mol. The van der Waals surface area contributed by atoms with Crippen molar-refractivity contribution in [1.82, 2.24) is 0 Å². The van der Waals surface area contributed by atoms with Crippen LogP contribution in [0.2, 0.25) is 0 Å². The zero-order valence-electron chi connectivity index (χ0n) is 11.5. The van der Waals surface area contributed by atoms with Gasteiger partial charge >= 0.3 is 6.16 Å². The Labute approximate surface area is 108 Å². The fourth-order valence-electron chi connectivity index (χ4n) is 1.04. The molecule has 0 bridgehead atoms. The van der Waals surface area contributed by atoms with Crippen LogP contribution < -0.4 is 0 Å². The van der Waals surface area contributed by atoms with E-state index in [-0.39, 0.29) is 6.10 Å². The quantitative estimate of drug-likeness (QED) is 0.490. The van der Waals surface area contributed by atoms with Gasteiger partial charge in [-0.15, -0.1) is 0 Å². The van der Waals surface area contributed by atoms with Crippen molar-refractivity contribution in [2.75, 3.05) is 46.2 Å². The van der Waals surface area contributed by atoms with Crippen LogP contribution in [0.25, 0.3) is 0 Å². The summed E-state index contributed by atoms with van der Waals surface area (Å²) in [6.45, 7) is 10.3. The highest BCUT2D eigenvalue weighted by atomic mass is 16.8. The molecule has 0 aromatic carbocycles. The Kier molecular flexibility index (Phi) is 12.0. The van der Waals surface area contributed by atoms with E-state index in [0.29, 0.717) is 33.0 Å². The molecule has 0 spiro atoms. The van der Waals surface area contributed by atoms with E-state index in [9.17, 15) is 4.79 Å². The van der Waals surface area contributed by atoms with E-state index in [4.69, 9.17) is 14.2 Å². The smallest absolute Gasteiger partial charge is 0.430 e. The molecule has 1 rings (SSSR count). The van der Waals surface area contributed by atoms with Gasteiger partial charge in [0, 0.05) is 13.2 Å². The van der Waals surface area contributed by atoms with Crippen LogP contribution in [0, 0.1) is 0 Å². The van der Waals surface area contributed by atoms with Gasteiger partial charge < -0.3 is 23.7 Å². The molecule has 1 atom stereocenters. The lowest BCUT2D eigenvalue weighted by Gasteiger charge is -2.03. The molecule has 1 aliphatic rings. The Balaban J connectivity index is 0.000000351. The molecule has 0 aromatic rings. The topological polar surface area (TPSA) is 63.2 Å². The molecular formula is C12H24O6. The molecule has 18 heavy (non-hydrogen) atoms. The monoisotopic (exact) mass is 264 g/mol. The van der Waals surface area contributed by atoms with Crippen molar-refractivity contribution >= 4 is 6.16 Å². The third-order valence-corrected chi connectivity index (χ3v) is 1.89. The van der Waals surface area contributed by atoms with Crippen molar-refractivity contribution in [3.8, 4) is 0 Å². The molecule has 0 aliphatic carbocycles. The molecule has 1 fully saturated rings. The molecule has 0 saturated carbocycles. The minimum absolute atomic E-state index is 0.0486. The Bertz CT molecular complexity index is 189. The Morgan fingerprint density at radius 3 is 1.83 bits per heavy atom. The van der Waals surface area contributed by atoms with Crippen LogP contribution in [-0.2, 0) is 23.7 Å². The summed E-state index contributed by atoms with van der Waals surface area (Å²) >= 11 is 0. The number of carbonyl (C=O) groups excluding carboxylic acids is 1. The van der Waals surface area contributed by atoms with Gasteiger partial charge in [0.2, 0.25) is 0 Å². The molecule has 108 valence electrons. The van der Waals surface area contributed by atoms with E-state index in [1.54, 1.807) is 6.92 Å². The van der Waals surface area contributed by atoms with Gasteiger partial charge in [-0.05, 0) is 20.8 Å². The highest BCUT2D eigenvalue weighted by Gasteiger charge is 2.19. The van der Waals surface area contributed by atoms with Gasteiger partial charge in [0.15, 0.2) is 0 Å². The van der Waals surface area contributed by atoms with Crippen molar-refractivity contribution in [1.29, 1.82) is 0 Å². The van der Waals surface area contributed by atoms with Crippen LogP contribution in [0.1, 0.15) is 20.8 Å². The third kappa shape index (κ3) is 11.6.